The first kappa shape index (κ1) is 21.1. The summed E-state index contributed by atoms with van der Waals surface area (Å²) in [6.07, 6.45) is 5.27. The molecule has 1 aliphatic rings. The van der Waals surface area contributed by atoms with Gasteiger partial charge in [-0.3, -0.25) is 0 Å². The first-order valence-electron chi connectivity index (χ1n) is 9.95. The molecule has 2 aromatic rings. The third-order valence-electron chi connectivity index (χ3n) is 4.54. The van der Waals surface area contributed by atoms with Gasteiger partial charge in [-0.25, -0.2) is 0 Å². The van der Waals surface area contributed by atoms with Crippen LogP contribution in [0.3, 0.4) is 0 Å². The minimum Gasteiger partial charge on any atom is -0.486 e. The zero-order valence-electron chi connectivity index (χ0n) is 17.1. The van der Waals surface area contributed by atoms with E-state index in [1.807, 2.05) is 36.4 Å². The van der Waals surface area contributed by atoms with E-state index in [0.29, 0.717) is 24.9 Å². The van der Waals surface area contributed by atoms with Crippen molar-refractivity contribution in [3.8, 4) is 11.5 Å². The molecule has 6 heteroatoms. The minimum absolute atomic E-state index is 0.567. The molecule has 0 aromatic heterocycles. The summed E-state index contributed by atoms with van der Waals surface area (Å²) in [4.78, 5) is 4.26. The summed E-state index contributed by atoms with van der Waals surface area (Å²) < 4.78 is 11.4. The van der Waals surface area contributed by atoms with Crippen LogP contribution in [0.15, 0.2) is 54.6 Å². The van der Waals surface area contributed by atoms with E-state index in [1.165, 1.54) is 5.56 Å². The van der Waals surface area contributed by atoms with Crippen molar-refractivity contribution in [3.63, 3.8) is 0 Å². The number of benzene rings is 2. The van der Waals surface area contributed by atoms with Crippen molar-refractivity contribution in [2.24, 2.45) is 0 Å². The average molecular weight is 412 g/mol. The molecule has 154 valence electrons. The number of nitrogens with zero attached hydrogens (tertiary/aromatic N) is 2. The Morgan fingerprint density at radius 1 is 1.07 bits per heavy atom. The lowest BCUT2D eigenvalue weighted by Crippen LogP contribution is -2.41. The highest BCUT2D eigenvalue weighted by Crippen LogP contribution is 2.34. The quantitative estimate of drug-likeness (QED) is 0.526. The summed E-state index contributed by atoms with van der Waals surface area (Å²) in [5.74, 6) is 1.55. The van der Waals surface area contributed by atoms with Gasteiger partial charge >= 0.3 is 0 Å². The summed E-state index contributed by atoms with van der Waals surface area (Å²) in [5, 5.41) is 4.10. The zero-order chi connectivity index (χ0) is 20.5. The summed E-state index contributed by atoms with van der Waals surface area (Å²) >= 11 is 5.72. The molecule has 1 aliphatic heterocycles. The Bertz CT molecular complexity index is 824. The molecule has 29 heavy (non-hydrogen) atoms. The molecule has 2 aromatic carbocycles. The van der Waals surface area contributed by atoms with Gasteiger partial charge in [-0.2, -0.15) is 0 Å². The molecule has 0 fully saturated rings. The van der Waals surface area contributed by atoms with E-state index >= 15 is 0 Å². The number of hydrogen-bond donors (Lipinski definition) is 1. The van der Waals surface area contributed by atoms with Crippen molar-refractivity contribution in [2.45, 2.75) is 6.42 Å². The largest absolute Gasteiger partial charge is 0.486 e. The molecule has 1 N–H and O–H groups in total. The lowest BCUT2D eigenvalue weighted by Gasteiger charge is -2.27. The van der Waals surface area contributed by atoms with Gasteiger partial charge < -0.3 is 24.6 Å². The Morgan fingerprint density at radius 2 is 1.83 bits per heavy atom. The minimum atomic E-state index is 0.567. The van der Waals surface area contributed by atoms with Gasteiger partial charge in [0.25, 0.3) is 0 Å². The van der Waals surface area contributed by atoms with E-state index in [-0.39, 0.29) is 0 Å². The van der Waals surface area contributed by atoms with E-state index in [9.17, 15) is 0 Å². The molecule has 0 amide bonds. The number of thiocarbonyl (C=S) groups is 1. The van der Waals surface area contributed by atoms with E-state index in [2.05, 4.69) is 53.5 Å². The predicted octanol–water partition coefficient (Wildman–Crippen LogP) is 3.80. The Morgan fingerprint density at radius 3 is 2.59 bits per heavy atom. The molecule has 5 nitrogen and oxygen atoms in total. The maximum Gasteiger partial charge on any atom is 0.173 e. The highest BCUT2D eigenvalue weighted by atomic mass is 32.1. The first-order valence-corrected chi connectivity index (χ1v) is 10.4. The number of nitrogens with one attached hydrogen (secondary N) is 1. The van der Waals surface area contributed by atoms with Gasteiger partial charge in [0, 0.05) is 24.8 Å². The lowest BCUT2D eigenvalue weighted by atomic mass is 10.2. The number of rotatable bonds is 8. The van der Waals surface area contributed by atoms with Gasteiger partial charge in [0.05, 0.1) is 0 Å². The van der Waals surface area contributed by atoms with Crippen LogP contribution in [0.25, 0.3) is 6.08 Å². The van der Waals surface area contributed by atoms with Gasteiger partial charge in [0.2, 0.25) is 0 Å². The van der Waals surface area contributed by atoms with Crippen LogP contribution >= 0.6 is 12.2 Å². The van der Waals surface area contributed by atoms with Gasteiger partial charge in [-0.05, 0) is 57.0 Å². The number of ether oxygens (including phenoxy) is 2. The molecule has 0 saturated carbocycles. The smallest absolute Gasteiger partial charge is 0.173 e. The van der Waals surface area contributed by atoms with Crippen LogP contribution in [0.1, 0.15) is 12.0 Å². The molecular weight excluding hydrogens is 382 g/mol. The van der Waals surface area contributed by atoms with Gasteiger partial charge in [-0.15, -0.1) is 0 Å². The third kappa shape index (κ3) is 6.48. The van der Waals surface area contributed by atoms with E-state index < -0.39 is 0 Å². The fraction of sp³-hybridized carbons (Fsp3) is 0.348. The Kier molecular flexibility index (Phi) is 7.90. The van der Waals surface area contributed by atoms with Crippen LogP contribution in [-0.4, -0.2) is 57.0 Å². The Labute approximate surface area is 178 Å². The fourth-order valence-corrected chi connectivity index (χ4v) is 3.33. The van der Waals surface area contributed by atoms with Crippen molar-refractivity contribution >= 4 is 29.1 Å². The fourth-order valence-electron chi connectivity index (χ4n) is 3.05. The molecule has 0 saturated heterocycles. The third-order valence-corrected chi connectivity index (χ3v) is 4.90. The molecular formula is C23H29N3O2S. The summed E-state index contributed by atoms with van der Waals surface area (Å²) in [6, 6.07) is 16.2. The van der Waals surface area contributed by atoms with Crippen molar-refractivity contribution in [1.82, 2.24) is 10.2 Å². The number of anilines is 1. The Balaban J connectivity index is 1.71. The second kappa shape index (κ2) is 10.8. The monoisotopic (exact) mass is 411 g/mol. The van der Waals surface area contributed by atoms with E-state index in [4.69, 9.17) is 21.7 Å². The van der Waals surface area contributed by atoms with Crippen LogP contribution in [0.4, 0.5) is 5.69 Å². The summed E-state index contributed by atoms with van der Waals surface area (Å²) in [6.45, 7) is 3.67. The van der Waals surface area contributed by atoms with Crippen molar-refractivity contribution in [1.29, 1.82) is 0 Å². The van der Waals surface area contributed by atoms with Crippen LogP contribution in [0.5, 0.6) is 11.5 Å². The Hall–Kier alpha value is -2.57. The van der Waals surface area contributed by atoms with Crippen LogP contribution in [0, 0.1) is 0 Å². The van der Waals surface area contributed by atoms with E-state index in [0.717, 1.165) is 36.7 Å². The van der Waals surface area contributed by atoms with Gasteiger partial charge in [0.1, 0.15) is 13.2 Å². The molecule has 0 atom stereocenters. The summed E-state index contributed by atoms with van der Waals surface area (Å²) in [7, 11) is 4.16. The van der Waals surface area contributed by atoms with Crippen molar-refractivity contribution < 1.29 is 9.47 Å². The standard InChI is InChI=1S/C23H29N3O2S/c1-25(2)14-7-13-24-23(29)26(15-6-10-19-8-4-3-5-9-19)20-11-12-21-22(18-20)28-17-16-27-21/h3-6,8-12,18H,7,13-17H2,1-2H3,(H,24,29)/b10-6+. The normalized spacial score (nSPS) is 12.9. The second-order valence-electron chi connectivity index (χ2n) is 7.14. The topological polar surface area (TPSA) is 37.0 Å². The van der Waals surface area contributed by atoms with Crippen LogP contribution < -0.4 is 19.7 Å². The van der Waals surface area contributed by atoms with Crippen molar-refractivity contribution in [2.75, 3.05) is 51.8 Å². The van der Waals surface area contributed by atoms with Crippen LogP contribution in [0.2, 0.25) is 0 Å². The molecule has 0 spiro atoms. The maximum absolute atomic E-state index is 5.75. The first-order chi connectivity index (χ1) is 14.1. The molecule has 0 bridgehead atoms. The molecule has 3 rings (SSSR count). The second-order valence-corrected chi connectivity index (χ2v) is 7.53. The summed E-state index contributed by atoms with van der Waals surface area (Å²) in [5.41, 5.74) is 2.15. The van der Waals surface area contributed by atoms with Gasteiger partial charge in [0.15, 0.2) is 16.6 Å². The lowest BCUT2D eigenvalue weighted by molar-refractivity contribution is 0.171. The predicted molar refractivity (Wildman–Crippen MR) is 124 cm³/mol. The molecule has 0 radical (unpaired) electrons. The number of fused-ring (bicyclic) bond motifs is 1. The number of hydrogen-bond acceptors (Lipinski definition) is 4. The highest BCUT2D eigenvalue weighted by molar-refractivity contribution is 7.80. The highest BCUT2D eigenvalue weighted by Gasteiger charge is 2.16. The van der Waals surface area contributed by atoms with Gasteiger partial charge in [-0.1, -0.05) is 42.5 Å². The van der Waals surface area contributed by atoms with Crippen LogP contribution in [-0.2, 0) is 0 Å². The van der Waals surface area contributed by atoms with Crippen molar-refractivity contribution in [3.05, 3.63) is 60.2 Å². The zero-order valence-corrected chi connectivity index (χ0v) is 18.0. The average Bonchev–Trinajstić information content (AvgIpc) is 2.74. The SMILES string of the molecule is CN(C)CCCNC(=S)N(C/C=C/c1ccccc1)c1ccc2c(c1)OCCO2. The molecule has 1 heterocycles. The molecule has 0 aliphatic carbocycles. The molecule has 0 unspecified atom stereocenters. The maximum atomic E-state index is 5.75. The van der Waals surface area contributed by atoms with E-state index in [1.54, 1.807) is 0 Å².